The number of benzene rings is 10. The number of thiophene rings is 1. The van der Waals surface area contributed by atoms with Gasteiger partial charge in [-0.05, 0) is 99.6 Å². The molecule has 0 aliphatic heterocycles. The van der Waals surface area contributed by atoms with Crippen LogP contribution in [0.1, 0.15) is 0 Å². The van der Waals surface area contributed by atoms with Crippen molar-refractivity contribution in [2.24, 2.45) is 0 Å². The molecule has 5 heteroatoms. The van der Waals surface area contributed by atoms with Crippen molar-refractivity contribution in [1.29, 1.82) is 0 Å². The zero-order chi connectivity index (χ0) is 45.0. The number of hydrogen-bond acceptors (Lipinski definition) is 4. The van der Waals surface area contributed by atoms with Gasteiger partial charge in [-0.1, -0.05) is 182 Å². The van der Waals surface area contributed by atoms with Gasteiger partial charge in [0.15, 0.2) is 17.5 Å². The summed E-state index contributed by atoms with van der Waals surface area (Å²) in [5.41, 5.74) is 15.2. The molecule has 68 heavy (non-hydrogen) atoms. The van der Waals surface area contributed by atoms with Crippen molar-refractivity contribution in [3.63, 3.8) is 0 Å². The van der Waals surface area contributed by atoms with E-state index < -0.39 is 0 Å². The van der Waals surface area contributed by atoms with Crippen LogP contribution in [0.25, 0.3) is 126 Å². The van der Waals surface area contributed by atoms with Crippen LogP contribution >= 0.6 is 11.3 Å². The van der Waals surface area contributed by atoms with Crippen molar-refractivity contribution in [3.05, 3.63) is 243 Å². The summed E-state index contributed by atoms with van der Waals surface area (Å²) < 4.78 is 4.88. The lowest BCUT2D eigenvalue weighted by Gasteiger charge is -2.17. The minimum absolute atomic E-state index is 0.610. The van der Waals surface area contributed by atoms with E-state index in [1.165, 1.54) is 42.1 Å². The smallest absolute Gasteiger partial charge is 0.164 e. The molecule has 0 saturated carbocycles. The van der Waals surface area contributed by atoms with Gasteiger partial charge in [-0.15, -0.1) is 11.3 Å². The van der Waals surface area contributed by atoms with Gasteiger partial charge in [0.25, 0.3) is 0 Å². The first-order valence-electron chi connectivity index (χ1n) is 22.9. The van der Waals surface area contributed by atoms with E-state index in [2.05, 4.69) is 211 Å². The van der Waals surface area contributed by atoms with Gasteiger partial charge in [0.05, 0.1) is 11.0 Å². The van der Waals surface area contributed by atoms with Gasteiger partial charge in [-0.2, -0.15) is 0 Å². The van der Waals surface area contributed by atoms with Gasteiger partial charge in [-0.25, -0.2) is 15.0 Å². The van der Waals surface area contributed by atoms with E-state index in [1.54, 1.807) is 0 Å². The highest BCUT2D eigenvalue weighted by molar-refractivity contribution is 7.26. The molecule has 3 heterocycles. The molecule has 0 fully saturated rings. The Bertz CT molecular complexity index is 3840. The lowest BCUT2D eigenvalue weighted by Crippen LogP contribution is -2.01. The largest absolute Gasteiger partial charge is 0.309 e. The third kappa shape index (κ3) is 6.96. The molecule has 3 aromatic heterocycles. The van der Waals surface area contributed by atoms with Crippen LogP contribution in [0.5, 0.6) is 0 Å². The first kappa shape index (κ1) is 39.6. The Kier molecular flexibility index (Phi) is 9.66. The highest BCUT2D eigenvalue weighted by Crippen LogP contribution is 2.47. The topological polar surface area (TPSA) is 43.6 Å². The summed E-state index contributed by atoms with van der Waals surface area (Å²) in [5.74, 6) is 1.86. The van der Waals surface area contributed by atoms with E-state index in [-0.39, 0.29) is 0 Å². The molecule has 13 aromatic rings. The van der Waals surface area contributed by atoms with Gasteiger partial charge < -0.3 is 4.57 Å². The minimum atomic E-state index is 0.610. The number of para-hydroxylation sites is 2. The van der Waals surface area contributed by atoms with Gasteiger partial charge >= 0.3 is 0 Å². The predicted molar refractivity (Wildman–Crippen MR) is 285 cm³/mol. The van der Waals surface area contributed by atoms with Crippen molar-refractivity contribution >= 4 is 53.3 Å². The fraction of sp³-hybridized carbons (Fsp3) is 0. The summed E-state index contributed by atoms with van der Waals surface area (Å²) in [6.07, 6.45) is 0. The molecule has 0 saturated heterocycles. The Morgan fingerprint density at radius 2 is 0.735 bits per heavy atom. The number of aromatic nitrogens is 4. The molecular weight excluding hydrogens is 845 g/mol. The molecule has 0 aliphatic rings. The lowest BCUT2D eigenvalue weighted by atomic mass is 9.90. The van der Waals surface area contributed by atoms with E-state index in [4.69, 9.17) is 15.0 Å². The van der Waals surface area contributed by atoms with Crippen LogP contribution in [0.15, 0.2) is 243 Å². The van der Waals surface area contributed by atoms with Crippen molar-refractivity contribution in [2.45, 2.75) is 0 Å². The second kappa shape index (κ2) is 16.6. The monoisotopic (exact) mass is 884 g/mol. The molecule has 0 spiro atoms. The van der Waals surface area contributed by atoms with Crippen LogP contribution in [0.4, 0.5) is 0 Å². The summed E-state index contributed by atoms with van der Waals surface area (Å²) in [7, 11) is 0. The summed E-state index contributed by atoms with van der Waals surface area (Å²) in [6.45, 7) is 0. The minimum Gasteiger partial charge on any atom is -0.309 e. The van der Waals surface area contributed by atoms with Crippen LogP contribution in [0.2, 0.25) is 0 Å². The van der Waals surface area contributed by atoms with E-state index in [0.717, 1.165) is 66.8 Å². The fourth-order valence-electron chi connectivity index (χ4n) is 9.80. The maximum absolute atomic E-state index is 5.35. The van der Waals surface area contributed by atoms with Crippen LogP contribution in [-0.2, 0) is 0 Å². The molecule has 0 N–H and O–H groups in total. The van der Waals surface area contributed by atoms with E-state index >= 15 is 0 Å². The van der Waals surface area contributed by atoms with Crippen LogP contribution in [0, 0.1) is 0 Å². The summed E-state index contributed by atoms with van der Waals surface area (Å²) in [5, 5.41) is 4.89. The molecule has 0 aliphatic carbocycles. The zero-order valence-corrected chi connectivity index (χ0v) is 37.6. The van der Waals surface area contributed by atoms with Gasteiger partial charge in [-0.3, -0.25) is 0 Å². The maximum atomic E-state index is 5.35. The number of fused-ring (bicyclic) bond motifs is 6. The molecule has 318 valence electrons. The van der Waals surface area contributed by atoms with Gasteiger partial charge in [0.2, 0.25) is 0 Å². The van der Waals surface area contributed by atoms with Crippen molar-refractivity contribution in [3.8, 4) is 84.4 Å². The molecule has 13 rings (SSSR count). The Morgan fingerprint density at radius 3 is 1.29 bits per heavy atom. The molecule has 0 bridgehead atoms. The Morgan fingerprint density at radius 1 is 0.279 bits per heavy atom. The first-order valence-corrected chi connectivity index (χ1v) is 23.7. The van der Waals surface area contributed by atoms with Crippen LogP contribution in [-0.4, -0.2) is 19.5 Å². The Hall–Kier alpha value is -8.77. The molecule has 0 radical (unpaired) electrons. The maximum Gasteiger partial charge on any atom is 0.164 e. The molecule has 0 amide bonds. The molecule has 0 atom stereocenters. The first-order chi connectivity index (χ1) is 33.7. The molecule has 10 aromatic carbocycles. The molecular formula is C63H40N4S. The van der Waals surface area contributed by atoms with Gasteiger partial charge in [0, 0.05) is 58.9 Å². The summed E-state index contributed by atoms with van der Waals surface area (Å²) in [6, 6.07) is 86.7. The number of rotatable bonds is 8. The SMILES string of the molecule is c1ccc(-c2cc(-c3ccccc3)cc(-c3ccc(-c4nc(-c5ccccc5)nc(-c5ccccc5)n4)c(-c4cc(-n5c6ccccc6c6ccccc65)cc5c4sc4ccccc45)c3)c2)cc1. The van der Waals surface area contributed by atoms with E-state index in [9.17, 15) is 0 Å². The molecule has 0 unspecified atom stereocenters. The van der Waals surface area contributed by atoms with Crippen LogP contribution in [0.3, 0.4) is 0 Å². The third-order valence-corrected chi connectivity index (χ3v) is 14.3. The summed E-state index contributed by atoms with van der Waals surface area (Å²) in [4.78, 5) is 15.8. The van der Waals surface area contributed by atoms with E-state index in [0.29, 0.717) is 17.5 Å². The predicted octanol–water partition coefficient (Wildman–Crippen LogP) is 17.0. The lowest BCUT2D eigenvalue weighted by molar-refractivity contribution is 1.07. The zero-order valence-electron chi connectivity index (χ0n) is 36.8. The normalized spacial score (nSPS) is 11.5. The van der Waals surface area contributed by atoms with E-state index in [1.807, 2.05) is 47.7 Å². The van der Waals surface area contributed by atoms with Crippen molar-refractivity contribution in [2.75, 3.05) is 0 Å². The quantitative estimate of drug-likeness (QED) is 0.153. The van der Waals surface area contributed by atoms with Crippen molar-refractivity contribution < 1.29 is 0 Å². The average Bonchev–Trinajstić information content (AvgIpc) is 3.97. The highest BCUT2D eigenvalue weighted by atomic mass is 32.1. The number of hydrogen-bond donors (Lipinski definition) is 0. The molecule has 4 nitrogen and oxygen atoms in total. The second-order valence-electron chi connectivity index (χ2n) is 17.2. The van der Waals surface area contributed by atoms with Gasteiger partial charge in [0.1, 0.15) is 0 Å². The third-order valence-electron chi connectivity index (χ3n) is 13.0. The van der Waals surface area contributed by atoms with Crippen LogP contribution < -0.4 is 0 Å². The Labute approximate surface area is 397 Å². The average molecular weight is 885 g/mol. The highest BCUT2D eigenvalue weighted by Gasteiger charge is 2.22. The fourth-order valence-corrected chi connectivity index (χ4v) is 11.0. The second-order valence-corrected chi connectivity index (χ2v) is 18.2. The number of nitrogens with zero attached hydrogens (tertiary/aromatic N) is 4. The Balaban J connectivity index is 1.13. The standard InChI is InChI=1S/C63H40N4S/c1-5-19-41(20-6-1)46-35-47(42-21-7-2-8-22-42)37-48(36-46)45-33-34-53(63-65-61(43-23-9-3-10-24-43)64-62(66-63)44-25-11-4-12-26-44)54(38-45)56-40-49(39-55-52-29-15-18-32-59(52)68-60(55)56)67-57-30-16-13-27-50(57)51-28-14-17-31-58(51)67/h1-40H. The summed E-state index contributed by atoms with van der Waals surface area (Å²) >= 11 is 1.84. The van der Waals surface area contributed by atoms with Crippen molar-refractivity contribution in [1.82, 2.24) is 19.5 Å².